The van der Waals surface area contributed by atoms with Crippen LogP contribution in [0, 0.1) is 5.92 Å². The normalized spacial score (nSPS) is 12.3. The molecule has 0 aliphatic heterocycles. The molecule has 0 saturated heterocycles. The summed E-state index contributed by atoms with van der Waals surface area (Å²) in [5.41, 5.74) is 0. The van der Waals surface area contributed by atoms with Gasteiger partial charge in [-0.15, -0.1) is 0 Å². The van der Waals surface area contributed by atoms with Crippen LogP contribution in [-0.4, -0.2) is 17.5 Å². The van der Waals surface area contributed by atoms with Crippen LogP contribution in [0.2, 0.25) is 0 Å². The van der Waals surface area contributed by atoms with Gasteiger partial charge in [0.25, 0.3) is 0 Å². The number of ketones is 1. The fourth-order valence-electron chi connectivity index (χ4n) is 4.75. The van der Waals surface area contributed by atoms with Gasteiger partial charge in [-0.3, -0.25) is 4.79 Å². The smallest absolute Gasteiger partial charge is 0.138 e. The van der Waals surface area contributed by atoms with Gasteiger partial charge in [0.15, 0.2) is 0 Å². The maximum atomic E-state index is 12.3. The Kier molecular flexibility index (Phi) is 26.6. The summed E-state index contributed by atoms with van der Waals surface area (Å²) in [5.74, 6) is 0.212. The predicted octanol–water partition coefficient (Wildman–Crippen LogP) is 9.96. The van der Waals surface area contributed by atoms with Crippen molar-refractivity contribution < 1.29 is 9.90 Å². The Balaban J connectivity index is 3.38. The van der Waals surface area contributed by atoms with E-state index in [4.69, 9.17) is 0 Å². The SMILES string of the molecule is CCCCCCCCCCCCCCCCCCC(CO)C(=O)CCCCCCCCC. The molecule has 0 rings (SSSR count). The zero-order valence-electron chi connectivity index (χ0n) is 22.3. The molecule has 0 radical (unpaired) electrons. The van der Waals surface area contributed by atoms with Gasteiger partial charge in [0, 0.05) is 12.3 Å². The Morgan fingerprint density at radius 1 is 0.500 bits per heavy atom. The second kappa shape index (κ2) is 26.9. The third kappa shape index (κ3) is 22.8. The molecular weight excluding hydrogens is 392 g/mol. The number of carbonyl (C=O) groups is 1. The van der Waals surface area contributed by atoms with Crippen LogP contribution in [0.5, 0.6) is 0 Å². The number of hydrogen-bond donors (Lipinski definition) is 1. The molecule has 0 aromatic carbocycles. The first-order valence-electron chi connectivity index (χ1n) is 14.9. The largest absolute Gasteiger partial charge is 0.396 e. The van der Waals surface area contributed by atoms with Crippen LogP contribution in [0.4, 0.5) is 0 Å². The third-order valence-corrected chi connectivity index (χ3v) is 7.11. The van der Waals surface area contributed by atoms with Crippen LogP contribution >= 0.6 is 0 Å². The second-order valence-corrected chi connectivity index (χ2v) is 10.3. The maximum Gasteiger partial charge on any atom is 0.138 e. The minimum atomic E-state index is -0.0956. The Morgan fingerprint density at radius 3 is 1.16 bits per heavy atom. The summed E-state index contributed by atoms with van der Waals surface area (Å²) in [5, 5.41) is 9.60. The molecule has 0 aliphatic carbocycles. The lowest BCUT2D eigenvalue weighted by atomic mass is 9.93. The lowest BCUT2D eigenvalue weighted by molar-refractivity contribution is -0.124. The van der Waals surface area contributed by atoms with Gasteiger partial charge in [-0.1, -0.05) is 155 Å². The molecule has 32 heavy (non-hydrogen) atoms. The summed E-state index contributed by atoms with van der Waals surface area (Å²) < 4.78 is 0. The molecule has 0 aromatic heterocycles. The average Bonchev–Trinajstić information content (AvgIpc) is 2.80. The van der Waals surface area contributed by atoms with E-state index >= 15 is 0 Å². The van der Waals surface area contributed by atoms with E-state index in [0.29, 0.717) is 12.2 Å². The van der Waals surface area contributed by atoms with Crippen LogP contribution in [0.3, 0.4) is 0 Å². The zero-order chi connectivity index (χ0) is 23.5. The van der Waals surface area contributed by atoms with E-state index in [1.165, 1.54) is 135 Å². The summed E-state index contributed by atoms with van der Waals surface area (Å²) in [7, 11) is 0. The molecule has 1 atom stereocenters. The van der Waals surface area contributed by atoms with E-state index in [2.05, 4.69) is 13.8 Å². The monoisotopic (exact) mass is 452 g/mol. The van der Waals surface area contributed by atoms with E-state index in [1.54, 1.807) is 0 Å². The van der Waals surface area contributed by atoms with Crippen molar-refractivity contribution in [1.29, 1.82) is 0 Å². The van der Waals surface area contributed by atoms with Gasteiger partial charge in [0.1, 0.15) is 5.78 Å². The Morgan fingerprint density at radius 2 is 0.812 bits per heavy atom. The lowest BCUT2D eigenvalue weighted by Gasteiger charge is -2.13. The van der Waals surface area contributed by atoms with Crippen molar-refractivity contribution in [2.75, 3.05) is 6.61 Å². The standard InChI is InChI=1S/C30H60O2/c1-3-5-7-9-11-12-13-14-15-16-17-18-19-21-22-24-26-29(28-31)30(32)27-25-23-20-10-8-6-4-2/h29,31H,3-28H2,1-2H3. The minimum absolute atomic E-state index is 0.0497. The molecule has 0 aromatic rings. The van der Waals surface area contributed by atoms with Gasteiger partial charge < -0.3 is 5.11 Å². The van der Waals surface area contributed by atoms with Crippen LogP contribution < -0.4 is 0 Å². The number of rotatable bonds is 27. The molecule has 1 N–H and O–H groups in total. The van der Waals surface area contributed by atoms with Crippen molar-refractivity contribution in [3.8, 4) is 0 Å². The Bertz CT molecular complexity index is 366. The first-order chi connectivity index (χ1) is 15.8. The molecule has 0 heterocycles. The van der Waals surface area contributed by atoms with Gasteiger partial charge in [-0.25, -0.2) is 0 Å². The van der Waals surface area contributed by atoms with Gasteiger partial charge in [0.05, 0.1) is 6.61 Å². The number of hydrogen-bond acceptors (Lipinski definition) is 2. The van der Waals surface area contributed by atoms with Gasteiger partial charge in [-0.2, -0.15) is 0 Å². The van der Waals surface area contributed by atoms with Gasteiger partial charge in [0.2, 0.25) is 0 Å². The number of carbonyl (C=O) groups excluding carboxylic acids is 1. The molecule has 2 heteroatoms. The quantitative estimate of drug-likeness (QED) is 0.126. The summed E-state index contributed by atoms with van der Waals surface area (Å²) in [4.78, 5) is 12.3. The third-order valence-electron chi connectivity index (χ3n) is 7.11. The minimum Gasteiger partial charge on any atom is -0.396 e. The van der Waals surface area contributed by atoms with Crippen molar-refractivity contribution in [2.24, 2.45) is 5.92 Å². The highest BCUT2D eigenvalue weighted by Gasteiger charge is 2.16. The molecular formula is C30H60O2. The summed E-state index contributed by atoms with van der Waals surface area (Å²) in [6.07, 6.45) is 32.3. The van der Waals surface area contributed by atoms with E-state index in [0.717, 1.165) is 19.3 Å². The van der Waals surface area contributed by atoms with Crippen LogP contribution in [-0.2, 0) is 4.79 Å². The van der Waals surface area contributed by atoms with Crippen molar-refractivity contribution in [3.05, 3.63) is 0 Å². The maximum absolute atomic E-state index is 12.3. The van der Waals surface area contributed by atoms with Crippen LogP contribution in [0.15, 0.2) is 0 Å². The fourth-order valence-corrected chi connectivity index (χ4v) is 4.75. The second-order valence-electron chi connectivity index (χ2n) is 10.3. The summed E-state index contributed by atoms with van der Waals surface area (Å²) in [6.45, 7) is 4.58. The predicted molar refractivity (Wildman–Crippen MR) is 142 cm³/mol. The Hall–Kier alpha value is -0.370. The van der Waals surface area contributed by atoms with Crippen LogP contribution in [0.25, 0.3) is 0 Å². The van der Waals surface area contributed by atoms with E-state index < -0.39 is 0 Å². The summed E-state index contributed by atoms with van der Waals surface area (Å²) in [6, 6.07) is 0. The molecule has 2 nitrogen and oxygen atoms in total. The Labute approximate surface area is 202 Å². The van der Waals surface area contributed by atoms with Crippen molar-refractivity contribution >= 4 is 5.78 Å². The van der Waals surface area contributed by atoms with E-state index in [9.17, 15) is 9.90 Å². The van der Waals surface area contributed by atoms with Crippen LogP contribution in [0.1, 0.15) is 174 Å². The highest BCUT2D eigenvalue weighted by molar-refractivity contribution is 5.81. The number of aliphatic hydroxyl groups excluding tert-OH is 1. The molecule has 0 amide bonds. The van der Waals surface area contributed by atoms with E-state index in [1.807, 2.05) is 0 Å². The molecule has 192 valence electrons. The van der Waals surface area contributed by atoms with Gasteiger partial charge >= 0.3 is 0 Å². The molecule has 0 spiro atoms. The highest BCUT2D eigenvalue weighted by Crippen LogP contribution is 2.18. The lowest BCUT2D eigenvalue weighted by Crippen LogP contribution is -2.18. The molecule has 0 saturated carbocycles. The topological polar surface area (TPSA) is 37.3 Å². The van der Waals surface area contributed by atoms with Crippen molar-refractivity contribution in [3.63, 3.8) is 0 Å². The van der Waals surface area contributed by atoms with Crippen molar-refractivity contribution in [2.45, 2.75) is 174 Å². The average molecular weight is 453 g/mol. The zero-order valence-corrected chi connectivity index (χ0v) is 22.3. The first kappa shape index (κ1) is 31.6. The molecule has 1 unspecified atom stereocenters. The molecule has 0 fully saturated rings. The fraction of sp³-hybridized carbons (Fsp3) is 0.967. The number of Topliss-reactive ketones (excluding diaryl/α,β-unsaturated/α-hetero) is 1. The molecule has 0 bridgehead atoms. The van der Waals surface area contributed by atoms with Crippen molar-refractivity contribution in [1.82, 2.24) is 0 Å². The van der Waals surface area contributed by atoms with E-state index in [-0.39, 0.29) is 12.5 Å². The number of aliphatic hydroxyl groups is 1. The van der Waals surface area contributed by atoms with Gasteiger partial charge in [-0.05, 0) is 12.8 Å². The summed E-state index contributed by atoms with van der Waals surface area (Å²) >= 11 is 0. The first-order valence-corrected chi connectivity index (χ1v) is 14.9. The number of unbranched alkanes of at least 4 members (excludes halogenated alkanes) is 21. The molecule has 0 aliphatic rings. The highest BCUT2D eigenvalue weighted by atomic mass is 16.3.